The molecular formula is C9H11BrN2S2. The predicted octanol–water partition coefficient (Wildman–Crippen LogP) is 2.64. The zero-order chi connectivity index (χ0) is 9.97. The Hall–Kier alpha value is -0.130. The van der Waals surface area contributed by atoms with Crippen molar-refractivity contribution >= 4 is 44.6 Å². The Morgan fingerprint density at radius 3 is 3.00 bits per heavy atom. The van der Waals surface area contributed by atoms with Crippen LogP contribution >= 0.6 is 39.5 Å². The highest BCUT2D eigenvalue weighted by molar-refractivity contribution is 9.10. The molecule has 14 heavy (non-hydrogen) atoms. The largest absolute Gasteiger partial charge is 0.360 e. The molecule has 1 aromatic heterocycles. The molecule has 5 heteroatoms. The van der Waals surface area contributed by atoms with Gasteiger partial charge in [0.1, 0.15) is 0 Å². The highest BCUT2D eigenvalue weighted by Gasteiger charge is 2.21. The summed E-state index contributed by atoms with van der Waals surface area (Å²) in [6.45, 7) is 0.802. The Morgan fingerprint density at radius 2 is 2.43 bits per heavy atom. The highest BCUT2D eigenvalue weighted by atomic mass is 79.9. The van der Waals surface area contributed by atoms with E-state index >= 15 is 0 Å². The number of nitrogens with one attached hydrogen (secondary N) is 2. The number of hydrogen-bond donors (Lipinski definition) is 2. The van der Waals surface area contributed by atoms with E-state index in [0.29, 0.717) is 6.04 Å². The second kappa shape index (κ2) is 4.59. The van der Waals surface area contributed by atoms with Gasteiger partial charge in [0.2, 0.25) is 0 Å². The lowest BCUT2D eigenvalue weighted by atomic mass is 10.5. The fourth-order valence-corrected chi connectivity index (χ4v) is 2.75. The van der Waals surface area contributed by atoms with Crippen LogP contribution in [0.3, 0.4) is 0 Å². The summed E-state index contributed by atoms with van der Waals surface area (Å²) in [7, 11) is 0. The van der Waals surface area contributed by atoms with E-state index in [0.717, 1.165) is 16.1 Å². The number of hydrogen-bond acceptors (Lipinski definition) is 2. The molecule has 0 saturated heterocycles. The summed E-state index contributed by atoms with van der Waals surface area (Å²) in [4.78, 5) is 1.28. The Bertz CT molecular complexity index is 333. The molecule has 0 radical (unpaired) electrons. The van der Waals surface area contributed by atoms with Crippen molar-refractivity contribution in [1.29, 1.82) is 0 Å². The molecule has 0 atom stereocenters. The molecule has 1 aliphatic rings. The predicted molar refractivity (Wildman–Crippen MR) is 67.6 cm³/mol. The molecule has 0 aromatic carbocycles. The first-order valence-corrected chi connectivity index (χ1v) is 6.60. The fraction of sp³-hybridized carbons (Fsp3) is 0.444. The summed E-state index contributed by atoms with van der Waals surface area (Å²) in [5.41, 5.74) is 0. The molecule has 2 rings (SSSR count). The van der Waals surface area contributed by atoms with Crippen LogP contribution in [-0.4, -0.2) is 11.2 Å². The van der Waals surface area contributed by atoms with Gasteiger partial charge in [-0.05, 0) is 52.4 Å². The topological polar surface area (TPSA) is 24.1 Å². The molecule has 0 unspecified atom stereocenters. The van der Waals surface area contributed by atoms with Gasteiger partial charge in [0.05, 0.1) is 6.54 Å². The molecule has 1 fully saturated rings. The average molecular weight is 291 g/mol. The van der Waals surface area contributed by atoms with Gasteiger partial charge in [-0.3, -0.25) is 0 Å². The van der Waals surface area contributed by atoms with Gasteiger partial charge in [-0.15, -0.1) is 11.3 Å². The minimum atomic E-state index is 0.627. The second-order valence-corrected chi connectivity index (χ2v) is 5.56. The summed E-state index contributed by atoms with van der Waals surface area (Å²) in [6.07, 6.45) is 2.51. The van der Waals surface area contributed by atoms with Crippen molar-refractivity contribution in [2.24, 2.45) is 0 Å². The molecule has 0 amide bonds. The van der Waals surface area contributed by atoms with Gasteiger partial charge in [0, 0.05) is 15.4 Å². The van der Waals surface area contributed by atoms with E-state index in [1.807, 2.05) is 0 Å². The molecule has 1 aliphatic carbocycles. The van der Waals surface area contributed by atoms with Crippen LogP contribution in [0, 0.1) is 0 Å². The van der Waals surface area contributed by atoms with Gasteiger partial charge in [-0.25, -0.2) is 0 Å². The van der Waals surface area contributed by atoms with Crippen molar-refractivity contribution in [1.82, 2.24) is 10.6 Å². The summed E-state index contributed by atoms with van der Waals surface area (Å²) >= 11 is 10.4. The Morgan fingerprint density at radius 1 is 1.64 bits per heavy atom. The molecule has 0 aliphatic heterocycles. The van der Waals surface area contributed by atoms with Crippen LogP contribution in [0.25, 0.3) is 0 Å². The number of rotatable bonds is 3. The van der Waals surface area contributed by atoms with Gasteiger partial charge in [0.15, 0.2) is 5.11 Å². The van der Waals surface area contributed by atoms with Crippen molar-refractivity contribution in [3.63, 3.8) is 0 Å². The first-order chi connectivity index (χ1) is 6.75. The molecule has 2 N–H and O–H groups in total. The maximum Gasteiger partial charge on any atom is 0.166 e. The third-order valence-electron chi connectivity index (χ3n) is 2.01. The van der Waals surface area contributed by atoms with Crippen LogP contribution in [0.4, 0.5) is 0 Å². The monoisotopic (exact) mass is 290 g/mol. The molecule has 0 spiro atoms. The maximum atomic E-state index is 5.15. The van der Waals surface area contributed by atoms with Crippen LogP contribution in [-0.2, 0) is 6.54 Å². The molecule has 1 aromatic rings. The molecule has 1 saturated carbocycles. The summed E-state index contributed by atoms with van der Waals surface area (Å²) < 4.78 is 1.16. The maximum absolute atomic E-state index is 5.15. The lowest BCUT2D eigenvalue weighted by molar-refractivity contribution is 0.834. The number of thiocarbonyl (C=S) groups is 1. The van der Waals surface area contributed by atoms with E-state index in [2.05, 4.69) is 38.0 Å². The lowest BCUT2D eigenvalue weighted by Gasteiger charge is -2.08. The minimum Gasteiger partial charge on any atom is -0.360 e. The van der Waals surface area contributed by atoms with Crippen LogP contribution < -0.4 is 10.6 Å². The van der Waals surface area contributed by atoms with Crippen LogP contribution in [0.5, 0.6) is 0 Å². The lowest BCUT2D eigenvalue weighted by Crippen LogP contribution is -2.35. The normalized spacial score (nSPS) is 15.2. The van der Waals surface area contributed by atoms with E-state index in [9.17, 15) is 0 Å². The first-order valence-electron chi connectivity index (χ1n) is 4.52. The standard InChI is InChI=1S/C9H11BrN2S2/c10-7-3-4-14-8(7)5-11-9(13)12-6-1-2-6/h3-4,6H,1-2,5H2,(H2,11,12,13). The molecule has 2 nitrogen and oxygen atoms in total. The number of thiophene rings is 1. The minimum absolute atomic E-state index is 0.627. The van der Waals surface area contributed by atoms with Gasteiger partial charge in [0.25, 0.3) is 0 Å². The Labute approximate surface area is 101 Å². The zero-order valence-electron chi connectivity index (χ0n) is 7.55. The van der Waals surface area contributed by atoms with E-state index in [1.54, 1.807) is 11.3 Å². The molecule has 1 heterocycles. The van der Waals surface area contributed by atoms with Gasteiger partial charge in [-0.2, -0.15) is 0 Å². The van der Waals surface area contributed by atoms with Crippen LogP contribution in [0.2, 0.25) is 0 Å². The average Bonchev–Trinajstić information content (AvgIpc) is 2.86. The van der Waals surface area contributed by atoms with Crippen molar-refractivity contribution in [2.45, 2.75) is 25.4 Å². The highest BCUT2D eigenvalue weighted by Crippen LogP contribution is 2.22. The Balaban J connectivity index is 1.76. The Kier molecular flexibility index (Phi) is 3.41. The quantitative estimate of drug-likeness (QED) is 0.837. The van der Waals surface area contributed by atoms with Crippen molar-refractivity contribution in [2.75, 3.05) is 0 Å². The van der Waals surface area contributed by atoms with Crippen LogP contribution in [0.1, 0.15) is 17.7 Å². The summed E-state index contributed by atoms with van der Waals surface area (Å²) in [6, 6.07) is 2.68. The van der Waals surface area contributed by atoms with E-state index in [-0.39, 0.29) is 0 Å². The molecular weight excluding hydrogens is 280 g/mol. The SMILES string of the molecule is S=C(NCc1sccc1Br)NC1CC1. The summed E-state index contributed by atoms with van der Waals surface area (Å²) in [5.74, 6) is 0. The number of halogens is 1. The third kappa shape index (κ3) is 2.93. The molecule has 76 valence electrons. The molecule has 0 bridgehead atoms. The summed E-state index contributed by atoms with van der Waals surface area (Å²) in [5, 5.41) is 9.28. The van der Waals surface area contributed by atoms with Gasteiger partial charge >= 0.3 is 0 Å². The van der Waals surface area contributed by atoms with E-state index in [4.69, 9.17) is 12.2 Å². The first kappa shape index (κ1) is 10.4. The van der Waals surface area contributed by atoms with Crippen molar-refractivity contribution in [3.8, 4) is 0 Å². The van der Waals surface area contributed by atoms with Gasteiger partial charge < -0.3 is 10.6 Å². The van der Waals surface area contributed by atoms with E-state index < -0.39 is 0 Å². The zero-order valence-corrected chi connectivity index (χ0v) is 10.8. The smallest absolute Gasteiger partial charge is 0.166 e. The van der Waals surface area contributed by atoms with Crippen molar-refractivity contribution in [3.05, 3.63) is 20.8 Å². The van der Waals surface area contributed by atoms with Crippen LogP contribution in [0.15, 0.2) is 15.9 Å². The fourth-order valence-electron chi connectivity index (χ4n) is 1.08. The third-order valence-corrected chi connectivity index (χ3v) is 4.20. The van der Waals surface area contributed by atoms with E-state index in [1.165, 1.54) is 17.7 Å². The second-order valence-electron chi connectivity index (χ2n) is 3.29. The van der Waals surface area contributed by atoms with Gasteiger partial charge in [-0.1, -0.05) is 0 Å². The van der Waals surface area contributed by atoms with Crippen molar-refractivity contribution < 1.29 is 0 Å².